The minimum Gasteiger partial charge on any atom is -0.453 e. The molecule has 0 N–H and O–H groups in total. The molecule has 5 heteroatoms. The average Bonchev–Trinajstić information content (AvgIpc) is 3.36. The second-order valence-electron chi connectivity index (χ2n) is 8.44. The molecule has 0 amide bonds. The van der Waals surface area contributed by atoms with E-state index < -0.39 is 0 Å². The van der Waals surface area contributed by atoms with Gasteiger partial charge in [0, 0.05) is 42.9 Å². The molecule has 0 radical (unpaired) electrons. The summed E-state index contributed by atoms with van der Waals surface area (Å²) in [5, 5.41) is 2.17. The molecule has 4 nitrogen and oxygen atoms in total. The molecule has 160 valence electrons. The Hall–Kier alpha value is -3.15. The zero-order valence-corrected chi connectivity index (χ0v) is 18.7. The number of hydrogen-bond donors (Lipinski definition) is 0. The topological polar surface area (TPSA) is 28.6 Å². The molecule has 0 saturated carbocycles. The maximum absolute atomic E-state index is 6.39. The maximum Gasteiger partial charge on any atom is 0.151 e. The quantitative estimate of drug-likeness (QED) is 0.353. The van der Waals surface area contributed by atoms with Gasteiger partial charge in [0.2, 0.25) is 0 Å². The van der Waals surface area contributed by atoms with Crippen LogP contribution in [0.25, 0.3) is 11.1 Å². The van der Waals surface area contributed by atoms with Gasteiger partial charge in [-0.05, 0) is 71.8 Å². The lowest BCUT2D eigenvalue weighted by Crippen LogP contribution is -2.43. The molecule has 4 aromatic rings. The van der Waals surface area contributed by atoms with Crippen molar-refractivity contribution in [3.8, 4) is 22.6 Å². The third-order valence-electron chi connectivity index (χ3n) is 6.46. The highest BCUT2D eigenvalue weighted by Gasteiger charge is 2.32. The summed E-state index contributed by atoms with van der Waals surface area (Å²) in [4.78, 5) is 10.7. The number of ether oxygens (including phenoxy) is 1. The smallest absolute Gasteiger partial charge is 0.151 e. The highest BCUT2D eigenvalue weighted by atomic mass is 32.1. The summed E-state index contributed by atoms with van der Waals surface area (Å²) in [7, 11) is 0. The fraction of sp³-hybridized carbons (Fsp3) is 0.222. The van der Waals surface area contributed by atoms with Crippen molar-refractivity contribution in [3.05, 3.63) is 89.4 Å². The van der Waals surface area contributed by atoms with Crippen molar-refractivity contribution in [1.29, 1.82) is 0 Å². The van der Waals surface area contributed by atoms with Crippen LogP contribution in [0.3, 0.4) is 0 Å². The van der Waals surface area contributed by atoms with Crippen molar-refractivity contribution in [3.63, 3.8) is 0 Å². The van der Waals surface area contributed by atoms with Gasteiger partial charge in [-0.25, -0.2) is 0 Å². The summed E-state index contributed by atoms with van der Waals surface area (Å²) in [6, 6.07) is 24.0. The molecule has 1 saturated heterocycles. The van der Waals surface area contributed by atoms with Crippen molar-refractivity contribution < 1.29 is 4.74 Å². The van der Waals surface area contributed by atoms with Gasteiger partial charge in [-0.3, -0.25) is 9.88 Å². The van der Waals surface area contributed by atoms with Crippen LogP contribution in [-0.2, 0) is 6.54 Å². The van der Waals surface area contributed by atoms with E-state index in [2.05, 4.69) is 74.8 Å². The number of benzene rings is 2. The minimum atomic E-state index is 0.463. The van der Waals surface area contributed by atoms with Gasteiger partial charge >= 0.3 is 0 Å². The first-order valence-electron chi connectivity index (χ1n) is 11.2. The summed E-state index contributed by atoms with van der Waals surface area (Å²) >= 11 is 1.85. The number of thiophene rings is 1. The number of rotatable bonds is 4. The Balaban J connectivity index is 1.29. The Morgan fingerprint density at radius 3 is 2.47 bits per heavy atom. The number of hydrogen-bond acceptors (Lipinski definition) is 5. The van der Waals surface area contributed by atoms with Crippen molar-refractivity contribution in [2.45, 2.75) is 25.4 Å². The van der Waals surface area contributed by atoms with Gasteiger partial charge in [0.15, 0.2) is 11.5 Å². The molecule has 0 atom stereocenters. The SMILES string of the molecule is c1csc(CN2CCC(N3c4ccccc4Oc4cc(-c5ccncc5)ccc43)CC2)c1. The Morgan fingerprint density at radius 1 is 0.844 bits per heavy atom. The van der Waals surface area contributed by atoms with Crippen molar-refractivity contribution >= 4 is 22.7 Å². The summed E-state index contributed by atoms with van der Waals surface area (Å²) < 4.78 is 6.39. The van der Waals surface area contributed by atoms with Gasteiger partial charge in [0.1, 0.15) is 0 Å². The molecule has 4 heterocycles. The molecule has 6 rings (SSSR count). The van der Waals surface area contributed by atoms with E-state index in [-0.39, 0.29) is 0 Å². The summed E-state index contributed by atoms with van der Waals surface area (Å²) in [5.74, 6) is 1.87. The summed E-state index contributed by atoms with van der Waals surface area (Å²) in [5.41, 5.74) is 4.64. The molecule has 32 heavy (non-hydrogen) atoms. The second-order valence-corrected chi connectivity index (χ2v) is 9.48. The van der Waals surface area contributed by atoms with E-state index in [0.717, 1.165) is 55.1 Å². The maximum atomic E-state index is 6.39. The van der Waals surface area contributed by atoms with Gasteiger partial charge in [0.25, 0.3) is 0 Å². The Bertz CT molecular complexity index is 1200. The monoisotopic (exact) mass is 439 g/mol. The van der Waals surface area contributed by atoms with Crippen LogP contribution in [0.1, 0.15) is 17.7 Å². The summed E-state index contributed by atoms with van der Waals surface area (Å²) in [6.45, 7) is 3.30. The predicted molar refractivity (Wildman–Crippen MR) is 131 cm³/mol. The Morgan fingerprint density at radius 2 is 1.66 bits per heavy atom. The molecule has 1 fully saturated rings. The van der Waals surface area contributed by atoms with E-state index in [4.69, 9.17) is 4.74 Å². The van der Waals surface area contributed by atoms with Crippen LogP contribution < -0.4 is 9.64 Å². The van der Waals surface area contributed by atoms with E-state index in [9.17, 15) is 0 Å². The molecule has 0 bridgehead atoms. The Labute approximate surface area is 192 Å². The molecule has 2 aromatic carbocycles. The average molecular weight is 440 g/mol. The van der Waals surface area contributed by atoms with Crippen molar-refractivity contribution in [2.24, 2.45) is 0 Å². The number of nitrogens with zero attached hydrogens (tertiary/aromatic N) is 3. The highest BCUT2D eigenvalue weighted by molar-refractivity contribution is 7.09. The number of para-hydroxylation sites is 2. The number of anilines is 2. The fourth-order valence-corrected chi connectivity index (χ4v) is 5.61. The molecule has 2 aliphatic heterocycles. The van der Waals surface area contributed by atoms with Crippen LogP contribution in [0.15, 0.2) is 84.5 Å². The number of likely N-dealkylation sites (tertiary alicyclic amines) is 1. The van der Waals surface area contributed by atoms with E-state index >= 15 is 0 Å². The highest BCUT2D eigenvalue weighted by Crippen LogP contribution is 2.49. The van der Waals surface area contributed by atoms with E-state index in [0.29, 0.717) is 6.04 Å². The number of pyridine rings is 1. The van der Waals surface area contributed by atoms with E-state index in [1.165, 1.54) is 16.3 Å². The zero-order valence-electron chi connectivity index (χ0n) is 17.9. The van der Waals surface area contributed by atoms with Crippen LogP contribution in [0.2, 0.25) is 0 Å². The number of aromatic nitrogens is 1. The normalized spacial score (nSPS) is 16.3. The summed E-state index contributed by atoms with van der Waals surface area (Å²) in [6.07, 6.45) is 5.96. The van der Waals surface area contributed by atoms with Crippen LogP contribution in [0, 0.1) is 0 Å². The fourth-order valence-electron chi connectivity index (χ4n) is 4.86. The zero-order chi connectivity index (χ0) is 21.3. The number of piperidine rings is 1. The van der Waals surface area contributed by atoms with Crippen LogP contribution in [0.4, 0.5) is 11.4 Å². The Kier molecular flexibility index (Phi) is 5.13. The van der Waals surface area contributed by atoms with Gasteiger partial charge in [-0.15, -0.1) is 11.3 Å². The van der Waals surface area contributed by atoms with Gasteiger partial charge < -0.3 is 9.64 Å². The predicted octanol–water partition coefficient (Wildman–Crippen LogP) is 6.72. The second kappa shape index (κ2) is 8.41. The van der Waals surface area contributed by atoms with Crippen LogP contribution >= 0.6 is 11.3 Å². The minimum absolute atomic E-state index is 0.463. The third-order valence-corrected chi connectivity index (χ3v) is 7.32. The van der Waals surface area contributed by atoms with E-state index in [1.54, 1.807) is 0 Å². The van der Waals surface area contributed by atoms with Gasteiger partial charge in [0.05, 0.1) is 11.4 Å². The lowest BCUT2D eigenvalue weighted by atomic mass is 9.98. The van der Waals surface area contributed by atoms with Gasteiger partial charge in [-0.1, -0.05) is 24.3 Å². The van der Waals surface area contributed by atoms with Crippen LogP contribution in [0.5, 0.6) is 11.5 Å². The molecule has 0 spiro atoms. The molecular weight excluding hydrogens is 414 g/mol. The lowest BCUT2D eigenvalue weighted by Gasteiger charge is -2.42. The molecule has 2 aliphatic rings. The first-order valence-corrected chi connectivity index (χ1v) is 12.1. The largest absolute Gasteiger partial charge is 0.453 e. The standard InChI is InChI=1S/C27H25N3OS/c1-2-6-26-24(5-1)30(22-11-15-29(16-12-22)19-23-4-3-17-32-23)25-8-7-21(18-27(25)31-26)20-9-13-28-14-10-20/h1-10,13-14,17-18,22H,11-12,15-16,19H2. The van der Waals surface area contributed by atoms with Crippen molar-refractivity contribution in [2.75, 3.05) is 18.0 Å². The van der Waals surface area contributed by atoms with Crippen LogP contribution in [-0.4, -0.2) is 29.0 Å². The van der Waals surface area contributed by atoms with Crippen molar-refractivity contribution in [1.82, 2.24) is 9.88 Å². The molecule has 2 aromatic heterocycles. The molecular formula is C27H25N3OS. The lowest BCUT2D eigenvalue weighted by molar-refractivity contribution is 0.206. The molecule has 0 unspecified atom stereocenters. The number of fused-ring (bicyclic) bond motifs is 2. The van der Waals surface area contributed by atoms with Gasteiger partial charge in [-0.2, -0.15) is 0 Å². The first kappa shape index (κ1) is 19.5. The van der Waals surface area contributed by atoms with E-state index in [1.807, 2.05) is 35.9 Å². The third kappa shape index (κ3) is 3.68. The molecule has 0 aliphatic carbocycles. The first-order chi connectivity index (χ1) is 15.8.